The van der Waals surface area contributed by atoms with Gasteiger partial charge in [-0.2, -0.15) is 0 Å². The lowest BCUT2D eigenvalue weighted by atomic mass is 10.0. The first-order valence-corrected chi connectivity index (χ1v) is 7.39. The van der Waals surface area contributed by atoms with Gasteiger partial charge in [0, 0.05) is 30.4 Å². The molecule has 0 saturated heterocycles. The van der Waals surface area contributed by atoms with E-state index in [2.05, 4.69) is 16.9 Å². The molecule has 0 spiro atoms. The summed E-state index contributed by atoms with van der Waals surface area (Å²) in [6, 6.07) is 7.14. The van der Waals surface area contributed by atoms with Crippen LogP contribution in [0.1, 0.15) is 42.3 Å². The van der Waals surface area contributed by atoms with Gasteiger partial charge in [-0.15, -0.1) is 11.0 Å². The van der Waals surface area contributed by atoms with Crippen LogP contribution in [0.5, 0.6) is 5.88 Å². The van der Waals surface area contributed by atoms with Crippen LogP contribution in [0.15, 0.2) is 30.5 Å². The Bertz CT molecular complexity index is 751. The molecule has 1 heterocycles. The molecule has 5 nitrogen and oxygen atoms in total. The highest BCUT2D eigenvalue weighted by molar-refractivity contribution is 5.92. The van der Waals surface area contributed by atoms with E-state index in [1.165, 1.54) is 0 Å². The van der Waals surface area contributed by atoms with Crippen molar-refractivity contribution in [3.05, 3.63) is 47.2 Å². The molecule has 1 aromatic heterocycles. The molecule has 0 unspecified atom stereocenters. The molecule has 0 aliphatic carbocycles. The smallest absolute Gasteiger partial charge is 0.338 e. The van der Waals surface area contributed by atoms with Crippen LogP contribution in [-0.4, -0.2) is 21.9 Å². The first-order chi connectivity index (χ1) is 11.0. The summed E-state index contributed by atoms with van der Waals surface area (Å²) in [5.74, 6) is 5.98. The maximum absolute atomic E-state index is 12.3. The number of ether oxygens (including phenoxy) is 2. The van der Waals surface area contributed by atoms with E-state index in [4.69, 9.17) is 9.47 Å². The number of hydrogen-bond acceptors (Lipinski definition) is 4. The summed E-state index contributed by atoms with van der Waals surface area (Å²) < 4.78 is 12.6. The summed E-state index contributed by atoms with van der Waals surface area (Å²) >= 11 is 0. The lowest BCUT2D eigenvalue weighted by molar-refractivity contribution is 0.0375. The van der Waals surface area contributed by atoms with Crippen LogP contribution in [0.4, 0.5) is 0 Å². The zero-order valence-electron chi connectivity index (χ0n) is 13.8. The number of carbonyl (C=O) groups is 1. The molecule has 0 amide bonds. The monoisotopic (exact) mass is 312 g/mol. The summed E-state index contributed by atoms with van der Waals surface area (Å²) in [6.07, 6.45) is 1.61. The fourth-order valence-electron chi connectivity index (χ4n) is 2.08. The molecule has 2 aromatic rings. The van der Waals surface area contributed by atoms with Crippen LogP contribution in [0.25, 0.3) is 0 Å². The zero-order valence-corrected chi connectivity index (χ0v) is 13.8. The summed E-state index contributed by atoms with van der Waals surface area (Å²) in [5.41, 5.74) is 1.93. The van der Waals surface area contributed by atoms with Crippen LogP contribution in [-0.2, 0) is 18.4 Å². The molecule has 120 valence electrons. The van der Waals surface area contributed by atoms with Crippen molar-refractivity contribution in [2.75, 3.05) is 0 Å². The number of aromatic nitrogens is 2. The quantitative estimate of drug-likeness (QED) is 0.629. The second-order valence-electron chi connectivity index (χ2n) is 5.28. The van der Waals surface area contributed by atoms with Gasteiger partial charge >= 0.3 is 5.97 Å². The van der Waals surface area contributed by atoms with Gasteiger partial charge in [-0.1, -0.05) is 12.0 Å². The Labute approximate surface area is 136 Å². The number of hydrogen-bond donors (Lipinski definition) is 0. The van der Waals surface area contributed by atoms with Gasteiger partial charge in [-0.05, 0) is 32.9 Å². The van der Waals surface area contributed by atoms with Gasteiger partial charge in [0.15, 0.2) is 0 Å². The third-order valence-electron chi connectivity index (χ3n) is 3.05. The molecule has 1 aromatic carbocycles. The highest BCUT2D eigenvalue weighted by Gasteiger charge is 2.17. The maximum atomic E-state index is 12.3. The molecule has 0 aliphatic rings. The van der Waals surface area contributed by atoms with E-state index in [9.17, 15) is 4.79 Å². The molecule has 0 fully saturated rings. The van der Waals surface area contributed by atoms with E-state index >= 15 is 0 Å². The standard InChI is InChI=1S/C18H20N2O3/c1-5-7-14-8-6-9-15(18(21)23-13(2)3)16(14)12-22-17-10-11-20(4)19-17/h6,8-11,13H,12H2,1-4H3. The van der Waals surface area contributed by atoms with Crippen LogP contribution in [0, 0.1) is 11.8 Å². The van der Waals surface area contributed by atoms with Gasteiger partial charge in [0.2, 0.25) is 5.88 Å². The Morgan fingerprint density at radius 1 is 1.35 bits per heavy atom. The summed E-state index contributed by atoms with van der Waals surface area (Å²) in [7, 11) is 1.81. The van der Waals surface area contributed by atoms with E-state index in [0.29, 0.717) is 17.0 Å². The van der Waals surface area contributed by atoms with Gasteiger partial charge in [0.25, 0.3) is 0 Å². The second kappa shape index (κ2) is 7.50. The lowest BCUT2D eigenvalue weighted by Crippen LogP contribution is -2.15. The third-order valence-corrected chi connectivity index (χ3v) is 3.05. The number of benzene rings is 1. The average Bonchev–Trinajstić information content (AvgIpc) is 2.91. The summed E-state index contributed by atoms with van der Waals surface area (Å²) in [6.45, 7) is 5.59. The first-order valence-electron chi connectivity index (χ1n) is 7.39. The van der Waals surface area contributed by atoms with E-state index in [1.807, 2.05) is 27.0 Å². The number of aryl methyl sites for hydroxylation is 1. The van der Waals surface area contributed by atoms with Crippen LogP contribution < -0.4 is 4.74 Å². The Morgan fingerprint density at radius 3 is 2.74 bits per heavy atom. The van der Waals surface area contributed by atoms with Crippen molar-refractivity contribution in [3.8, 4) is 17.7 Å². The van der Waals surface area contributed by atoms with Gasteiger partial charge in [0.05, 0.1) is 11.7 Å². The molecular formula is C18H20N2O3. The fraction of sp³-hybridized carbons (Fsp3) is 0.333. The normalized spacial score (nSPS) is 10.1. The molecular weight excluding hydrogens is 292 g/mol. The predicted molar refractivity (Wildman–Crippen MR) is 87.1 cm³/mol. The SMILES string of the molecule is CC#Cc1cccc(C(=O)OC(C)C)c1COc1ccn(C)n1. The van der Waals surface area contributed by atoms with E-state index in [-0.39, 0.29) is 18.7 Å². The van der Waals surface area contributed by atoms with Crippen molar-refractivity contribution in [1.82, 2.24) is 9.78 Å². The maximum Gasteiger partial charge on any atom is 0.338 e. The number of esters is 1. The Hall–Kier alpha value is -2.74. The highest BCUT2D eigenvalue weighted by atomic mass is 16.5. The minimum atomic E-state index is -0.376. The van der Waals surface area contributed by atoms with Crippen molar-refractivity contribution in [3.63, 3.8) is 0 Å². The van der Waals surface area contributed by atoms with Crippen molar-refractivity contribution in [1.29, 1.82) is 0 Å². The number of carbonyl (C=O) groups excluding carboxylic acids is 1. The van der Waals surface area contributed by atoms with Gasteiger partial charge in [-0.25, -0.2) is 4.79 Å². The van der Waals surface area contributed by atoms with Crippen molar-refractivity contribution >= 4 is 5.97 Å². The molecule has 0 N–H and O–H groups in total. The Kier molecular flexibility index (Phi) is 5.42. The fourth-order valence-corrected chi connectivity index (χ4v) is 2.08. The summed E-state index contributed by atoms with van der Waals surface area (Å²) in [5, 5.41) is 4.17. The molecule has 2 rings (SSSR count). The number of nitrogens with zero attached hydrogens (tertiary/aromatic N) is 2. The molecule has 23 heavy (non-hydrogen) atoms. The predicted octanol–water partition coefficient (Wildman–Crippen LogP) is 2.94. The lowest BCUT2D eigenvalue weighted by Gasteiger charge is -2.13. The van der Waals surface area contributed by atoms with Crippen LogP contribution in [0.2, 0.25) is 0 Å². The van der Waals surface area contributed by atoms with Crippen molar-refractivity contribution in [2.45, 2.75) is 33.5 Å². The molecule has 0 saturated carbocycles. The Balaban J connectivity index is 2.32. The van der Waals surface area contributed by atoms with Gasteiger partial charge in [-0.3, -0.25) is 4.68 Å². The molecule has 0 aliphatic heterocycles. The van der Waals surface area contributed by atoms with E-state index in [1.54, 1.807) is 36.0 Å². The van der Waals surface area contributed by atoms with Crippen molar-refractivity contribution in [2.24, 2.45) is 7.05 Å². The van der Waals surface area contributed by atoms with Crippen LogP contribution >= 0.6 is 0 Å². The first kappa shape index (κ1) is 16.6. The van der Waals surface area contributed by atoms with E-state index < -0.39 is 0 Å². The molecule has 5 heteroatoms. The number of rotatable bonds is 5. The minimum absolute atomic E-state index is 0.187. The zero-order chi connectivity index (χ0) is 16.8. The highest BCUT2D eigenvalue weighted by Crippen LogP contribution is 2.19. The summed E-state index contributed by atoms with van der Waals surface area (Å²) in [4.78, 5) is 12.3. The molecule has 0 radical (unpaired) electrons. The van der Waals surface area contributed by atoms with Gasteiger partial charge in [0.1, 0.15) is 6.61 Å². The van der Waals surface area contributed by atoms with Gasteiger partial charge < -0.3 is 9.47 Å². The van der Waals surface area contributed by atoms with Crippen LogP contribution in [0.3, 0.4) is 0 Å². The molecule has 0 bridgehead atoms. The Morgan fingerprint density at radius 2 is 2.13 bits per heavy atom. The average molecular weight is 312 g/mol. The van der Waals surface area contributed by atoms with Crippen molar-refractivity contribution < 1.29 is 14.3 Å². The largest absolute Gasteiger partial charge is 0.472 e. The molecule has 0 atom stereocenters. The third kappa shape index (κ3) is 4.36. The van der Waals surface area contributed by atoms with E-state index in [0.717, 1.165) is 5.56 Å². The second-order valence-corrected chi connectivity index (χ2v) is 5.28. The minimum Gasteiger partial charge on any atom is -0.472 e. The topological polar surface area (TPSA) is 53.4 Å².